The summed E-state index contributed by atoms with van der Waals surface area (Å²) in [6.45, 7) is 1.29. The van der Waals surface area contributed by atoms with Crippen molar-refractivity contribution in [2.75, 3.05) is 27.3 Å². The van der Waals surface area contributed by atoms with Gasteiger partial charge in [0.25, 0.3) is 0 Å². The third-order valence-electron chi connectivity index (χ3n) is 6.52. The van der Waals surface area contributed by atoms with E-state index in [2.05, 4.69) is 35.6 Å². The van der Waals surface area contributed by atoms with Crippen molar-refractivity contribution in [1.29, 1.82) is 0 Å². The first kappa shape index (κ1) is 21.0. The number of methoxy groups -OCH3 is 2. The zero-order chi connectivity index (χ0) is 22.3. The van der Waals surface area contributed by atoms with Crippen LogP contribution in [0.15, 0.2) is 77.7 Å². The minimum Gasteiger partial charge on any atom is -0.497 e. The van der Waals surface area contributed by atoms with Gasteiger partial charge in [-0.25, -0.2) is 8.42 Å². The molecule has 2 bridgehead atoms. The van der Waals surface area contributed by atoms with Crippen LogP contribution in [-0.2, 0) is 10.0 Å². The topological polar surface area (TPSA) is 67.9 Å². The maximum Gasteiger partial charge on any atom is 0.243 e. The first-order valence-electron chi connectivity index (χ1n) is 10.7. The number of nitrogens with one attached hydrogen (secondary N) is 1. The Labute approximate surface area is 188 Å². The highest BCUT2D eigenvalue weighted by Gasteiger charge is 2.56. The van der Waals surface area contributed by atoms with Gasteiger partial charge in [0.1, 0.15) is 11.5 Å². The third-order valence-corrected chi connectivity index (χ3v) is 8.49. The predicted octanol–water partition coefficient (Wildman–Crippen LogP) is 3.50. The quantitative estimate of drug-likeness (QED) is 0.623. The highest BCUT2D eigenvalue weighted by atomic mass is 32.2. The molecule has 3 atom stereocenters. The van der Waals surface area contributed by atoms with Gasteiger partial charge in [0.05, 0.1) is 19.1 Å². The third kappa shape index (κ3) is 3.46. The molecule has 1 unspecified atom stereocenters. The van der Waals surface area contributed by atoms with Crippen molar-refractivity contribution in [3.05, 3.63) is 78.4 Å². The van der Waals surface area contributed by atoms with Crippen molar-refractivity contribution < 1.29 is 17.9 Å². The van der Waals surface area contributed by atoms with E-state index in [1.165, 1.54) is 5.56 Å². The molecule has 3 aromatic carbocycles. The van der Waals surface area contributed by atoms with Gasteiger partial charge < -0.3 is 14.8 Å². The first-order valence-corrected chi connectivity index (χ1v) is 12.1. The number of piperidine rings is 1. The molecule has 3 aromatic rings. The lowest BCUT2D eigenvalue weighted by Crippen LogP contribution is -2.73. The largest absolute Gasteiger partial charge is 0.497 e. The van der Waals surface area contributed by atoms with E-state index in [1.54, 1.807) is 42.8 Å². The molecule has 7 heteroatoms. The number of benzene rings is 3. The lowest BCUT2D eigenvalue weighted by Gasteiger charge is -2.57. The Kier molecular flexibility index (Phi) is 5.41. The van der Waals surface area contributed by atoms with Crippen molar-refractivity contribution in [3.8, 4) is 22.6 Å². The maximum absolute atomic E-state index is 13.3. The second-order valence-corrected chi connectivity index (χ2v) is 10.0. The van der Waals surface area contributed by atoms with Gasteiger partial charge in [0, 0.05) is 31.1 Å². The van der Waals surface area contributed by atoms with Crippen molar-refractivity contribution in [2.45, 2.75) is 22.9 Å². The van der Waals surface area contributed by atoms with Crippen LogP contribution in [0.4, 0.5) is 0 Å². The van der Waals surface area contributed by atoms with Crippen LogP contribution >= 0.6 is 0 Å². The first-order chi connectivity index (χ1) is 15.5. The number of hydrogen-bond acceptors (Lipinski definition) is 5. The summed E-state index contributed by atoms with van der Waals surface area (Å²) in [6.07, 6.45) is 0. The van der Waals surface area contributed by atoms with E-state index in [0.717, 1.165) is 16.9 Å². The summed E-state index contributed by atoms with van der Waals surface area (Å²) in [7, 11) is -0.330. The molecule has 0 radical (unpaired) electrons. The Balaban J connectivity index is 1.39. The van der Waals surface area contributed by atoms with E-state index in [0.29, 0.717) is 23.7 Å². The SMILES string of the molecule is COc1ccc(S(=O)(=O)N2[C@@H]3CNC[C@H]2C3c2ccc(-c3cccc(OC)c3)cc2)cc1. The summed E-state index contributed by atoms with van der Waals surface area (Å²) < 4.78 is 38.9. The standard InChI is InChI=1S/C25H26N2O4S/c1-30-20-10-12-22(13-11-20)32(28,29)27-23-15-26-16-24(27)25(23)18-8-6-17(7-9-18)19-4-3-5-21(14-19)31-2/h3-14,23-26H,15-16H2,1-2H3/t23-,24+,25?. The highest BCUT2D eigenvalue weighted by molar-refractivity contribution is 7.89. The van der Waals surface area contributed by atoms with Crippen molar-refractivity contribution in [3.63, 3.8) is 0 Å². The van der Waals surface area contributed by atoms with Crippen LogP contribution in [0.25, 0.3) is 11.1 Å². The molecule has 0 aliphatic carbocycles. The van der Waals surface area contributed by atoms with Gasteiger partial charge in [-0.15, -0.1) is 0 Å². The van der Waals surface area contributed by atoms with Gasteiger partial charge in [0.15, 0.2) is 0 Å². The number of nitrogens with zero attached hydrogens (tertiary/aromatic N) is 1. The van der Waals surface area contributed by atoms with E-state index >= 15 is 0 Å². The molecule has 2 fully saturated rings. The Morgan fingerprint density at radius 2 is 1.47 bits per heavy atom. The van der Waals surface area contributed by atoms with E-state index in [9.17, 15) is 8.42 Å². The molecule has 0 amide bonds. The Hall–Kier alpha value is -2.87. The summed E-state index contributed by atoms with van der Waals surface area (Å²) in [5, 5.41) is 3.37. The summed E-state index contributed by atoms with van der Waals surface area (Å²) in [6, 6.07) is 22.9. The molecule has 2 saturated heterocycles. The normalized spacial score (nSPS) is 22.8. The number of sulfonamides is 1. The number of piperazine rings is 1. The van der Waals surface area contributed by atoms with Gasteiger partial charge in [-0.2, -0.15) is 4.31 Å². The zero-order valence-corrected chi connectivity index (χ0v) is 18.9. The minimum atomic E-state index is -3.56. The van der Waals surface area contributed by atoms with Crippen molar-refractivity contribution in [2.24, 2.45) is 0 Å². The predicted molar refractivity (Wildman–Crippen MR) is 124 cm³/mol. The van der Waals surface area contributed by atoms with Crippen LogP contribution in [0.5, 0.6) is 11.5 Å². The molecule has 0 aromatic heterocycles. The van der Waals surface area contributed by atoms with E-state index < -0.39 is 10.0 Å². The summed E-state index contributed by atoms with van der Waals surface area (Å²) >= 11 is 0. The molecule has 1 N–H and O–H groups in total. The van der Waals surface area contributed by atoms with Crippen LogP contribution in [0.3, 0.4) is 0 Å². The molecule has 0 saturated carbocycles. The van der Waals surface area contributed by atoms with Gasteiger partial charge in [-0.1, -0.05) is 36.4 Å². The smallest absolute Gasteiger partial charge is 0.243 e. The zero-order valence-electron chi connectivity index (χ0n) is 18.1. The molecular formula is C25H26N2O4S. The summed E-state index contributed by atoms with van der Waals surface area (Å²) in [5.41, 5.74) is 3.38. The van der Waals surface area contributed by atoms with Gasteiger partial charge in [0.2, 0.25) is 10.0 Å². The molecule has 2 aliphatic rings. The molecule has 32 heavy (non-hydrogen) atoms. The molecule has 5 rings (SSSR count). The fourth-order valence-corrected chi connectivity index (χ4v) is 6.75. The number of hydrogen-bond donors (Lipinski definition) is 1. The van der Waals surface area contributed by atoms with Crippen LogP contribution < -0.4 is 14.8 Å². The van der Waals surface area contributed by atoms with Crippen LogP contribution in [0.1, 0.15) is 11.5 Å². The van der Waals surface area contributed by atoms with Gasteiger partial charge in [-0.3, -0.25) is 0 Å². The Morgan fingerprint density at radius 3 is 2.09 bits per heavy atom. The fraction of sp³-hybridized carbons (Fsp3) is 0.280. The highest BCUT2D eigenvalue weighted by Crippen LogP contribution is 2.46. The number of fused-ring (bicyclic) bond motifs is 2. The molecular weight excluding hydrogens is 424 g/mol. The second kappa shape index (κ2) is 8.24. The lowest BCUT2D eigenvalue weighted by molar-refractivity contribution is 0.0370. The average molecular weight is 451 g/mol. The Morgan fingerprint density at radius 1 is 0.812 bits per heavy atom. The van der Waals surface area contributed by atoms with Crippen molar-refractivity contribution in [1.82, 2.24) is 9.62 Å². The Bertz CT molecular complexity index is 1200. The molecule has 6 nitrogen and oxygen atoms in total. The van der Waals surface area contributed by atoms with Crippen LogP contribution in [0.2, 0.25) is 0 Å². The second-order valence-electron chi connectivity index (χ2n) is 8.18. The monoisotopic (exact) mass is 450 g/mol. The lowest BCUT2D eigenvalue weighted by atomic mass is 9.74. The van der Waals surface area contributed by atoms with E-state index in [4.69, 9.17) is 9.47 Å². The van der Waals surface area contributed by atoms with Crippen molar-refractivity contribution >= 4 is 10.0 Å². The summed E-state index contributed by atoms with van der Waals surface area (Å²) in [5.74, 6) is 1.65. The number of ether oxygens (including phenoxy) is 2. The summed E-state index contributed by atoms with van der Waals surface area (Å²) in [4.78, 5) is 0.307. The maximum atomic E-state index is 13.3. The molecule has 166 valence electrons. The van der Waals surface area contributed by atoms with E-state index in [-0.39, 0.29) is 18.0 Å². The number of rotatable bonds is 6. The minimum absolute atomic E-state index is 0.0940. The average Bonchev–Trinajstić information content (AvgIpc) is 2.85. The molecule has 0 spiro atoms. The molecule has 2 aliphatic heterocycles. The van der Waals surface area contributed by atoms with Gasteiger partial charge >= 0.3 is 0 Å². The molecule has 2 heterocycles. The van der Waals surface area contributed by atoms with Gasteiger partial charge in [-0.05, 0) is 53.1 Å². The van der Waals surface area contributed by atoms with Crippen LogP contribution in [0, 0.1) is 0 Å². The fourth-order valence-electron chi connectivity index (χ4n) is 4.90. The van der Waals surface area contributed by atoms with Crippen LogP contribution in [-0.4, -0.2) is 52.1 Å². The van der Waals surface area contributed by atoms with E-state index in [1.807, 2.05) is 18.2 Å².